The van der Waals surface area contributed by atoms with Crippen LogP contribution in [0.25, 0.3) is 5.69 Å². The van der Waals surface area contributed by atoms with Gasteiger partial charge in [-0.1, -0.05) is 23.7 Å². The third-order valence-corrected chi connectivity index (χ3v) is 3.38. The van der Waals surface area contributed by atoms with Gasteiger partial charge in [-0.3, -0.25) is 4.79 Å². The van der Waals surface area contributed by atoms with Crippen LogP contribution in [0.4, 0.5) is 5.69 Å². The summed E-state index contributed by atoms with van der Waals surface area (Å²) in [6.45, 7) is 1.94. The first-order valence-corrected chi connectivity index (χ1v) is 6.92. The van der Waals surface area contributed by atoms with Crippen molar-refractivity contribution in [3.8, 4) is 5.69 Å². The molecule has 6 nitrogen and oxygen atoms in total. The maximum Gasteiger partial charge on any atom is 0.255 e. The molecule has 0 radical (unpaired) electrons. The zero-order valence-corrected chi connectivity index (χ0v) is 12.4. The number of carbonyl (C=O) groups is 1. The van der Waals surface area contributed by atoms with Crippen LogP contribution in [-0.2, 0) is 0 Å². The molecule has 0 saturated carbocycles. The summed E-state index contributed by atoms with van der Waals surface area (Å²) in [6, 6.07) is 12.3. The Labute approximate surface area is 131 Å². The minimum absolute atomic E-state index is 0.228. The number of amides is 1. The fourth-order valence-electron chi connectivity index (χ4n) is 2.04. The Morgan fingerprint density at radius 1 is 1.23 bits per heavy atom. The van der Waals surface area contributed by atoms with Crippen LogP contribution in [0.3, 0.4) is 0 Å². The molecule has 0 fully saturated rings. The van der Waals surface area contributed by atoms with Gasteiger partial charge >= 0.3 is 0 Å². The summed E-state index contributed by atoms with van der Waals surface area (Å²) in [5, 5.41) is 14.5. The second kappa shape index (κ2) is 5.95. The van der Waals surface area contributed by atoms with Gasteiger partial charge in [0.2, 0.25) is 0 Å². The van der Waals surface area contributed by atoms with E-state index in [-0.39, 0.29) is 5.91 Å². The van der Waals surface area contributed by atoms with Gasteiger partial charge in [0.15, 0.2) is 0 Å². The normalized spacial score (nSPS) is 10.5. The first-order chi connectivity index (χ1) is 10.6. The lowest BCUT2D eigenvalue weighted by molar-refractivity contribution is 0.102. The number of rotatable bonds is 3. The molecule has 0 spiro atoms. The van der Waals surface area contributed by atoms with E-state index in [1.807, 2.05) is 25.1 Å². The van der Waals surface area contributed by atoms with Gasteiger partial charge in [-0.25, -0.2) is 4.68 Å². The Bertz CT molecular complexity index is 817. The van der Waals surface area contributed by atoms with E-state index in [0.29, 0.717) is 16.3 Å². The third kappa shape index (κ3) is 2.96. The molecule has 0 saturated heterocycles. The topological polar surface area (TPSA) is 72.7 Å². The van der Waals surface area contributed by atoms with Crippen molar-refractivity contribution in [1.82, 2.24) is 20.2 Å². The summed E-state index contributed by atoms with van der Waals surface area (Å²) in [6.07, 6.45) is 1.50. The van der Waals surface area contributed by atoms with Gasteiger partial charge in [-0.05, 0) is 53.2 Å². The van der Waals surface area contributed by atoms with Crippen LogP contribution < -0.4 is 5.32 Å². The highest BCUT2D eigenvalue weighted by Gasteiger charge is 2.09. The number of hydrogen-bond donors (Lipinski definition) is 1. The standard InChI is InChI=1S/C15H12ClN5O/c1-10-5-6-13(8-14(10)21-9-17-19-20-21)18-15(22)11-3-2-4-12(16)7-11/h2-9H,1H3,(H,18,22). The SMILES string of the molecule is Cc1ccc(NC(=O)c2cccc(Cl)c2)cc1-n1cnnn1. The Morgan fingerprint density at radius 2 is 2.09 bits per heavy atom. The summed E-state index contributed by atoms with van der Waals surface area (Å²) < 4.78 is 1.55. The van der Waals surface area contributed by atoms with Gasteiger partial charge in [0.1, 0.15) is 6.33 Å². The molecule has 1 N–H and O–H groups in total. The first kappa shape index (κ1) is 14.2. The fourth-order valence-corrected chi connectivity index (χ4v) is 2.23. The van der Waals surface area contributed by atoms with E-state index in [0.717, 1.165) is 11.3 Å². The third-order valence-electron chi connectivity index (χ3n) is 3.15. The molecule has 0 unspecified atom stereocenters. The van der Waals surface area contributed by atoms with Gasteiger partial charge in [0, 0.05) is 16.3 Å². The highest BCUT2D eigenvalue weighted by Crippen LogP contribution is 2.19. The lowest BCUT2D eigenvalue weighted by Gasteiger charge is -2.09. The largest absolute Gasteiger partial charge is 0.322 e. The minimum Gasteiger partial charge on any atom is -0.322 e. The predicted octanol–water partition coefficient (Wildman–Crippen LogP) is 2.88. The van der Waals surface area contributed by atoms with Crippen molar-refractivity contribution in [2.75, 3.05) is 5.32 Å². The van der Waals surface area contributed by atoms with Crippen LogP contribution in [0.1, 0.15) is 15.9 Å². The minimum atomic E-state index is -0.228. The zero-order chi connectivity index (χ0) is 15.5. The Hall–Kier alpha value is -2.73. The number of tetrazole rings is 1. The Balaban J connectivity index is 1.87. The highest BCUT2D eigenvalue weighted by atomic mass is 35.5. The van der Waals surface area contributed by atoms with Crippen molar-refractivity contribution < 1.29 is 4.79 Å². The fraction of sp³-hybridized carbons (Fsp3) is 0.0667. The number of aromatic nitrogens is 4. The van der Waals surface area contributed by atoms with E-state index in [1.54, 1.807) is 28.9 Å². The molecule has 0 bridgehead atoms. The van der Waals surface area contributed by atoms with Crippen LogP contribution in [0, 0.1) is 6.92 Å². The monoisotopic (exact) mass is 313 g/mol. The summed E-state index contributed by atoms with van der Waals surface area (Å²) >= 11 is 5.90. The maximum absolute atomic E-state index is 12.2. The quantitative estimate of drug-likeness (QED) is 0.807. The van der Waals surface area contributed by atoms with E-state index in [4.69, 9.17) is 11.6 Å². The summed E-state index contributed by atoms with van der Waals surface area (Å²) in [5.41, 5.74) is 2.94. The second-order valence-corrected chi connectivity index (χ2v) is 5.16. The van der Waals surface area contributed by atoms with Gasteiger partial charge < -0.3 is 5.32 Å². The number of nitrogens with zero attached hydrogens (tertiary/aromatic N) is 4. The molecule has 1 heterocycles. The van der Waals surface area contributed by atoms with Crippen molar-refractivity contribution in [3.63, 3.8) is 0 Å². The molecule has 1 amide bonds. The first-order valence-electron chi connectivity index (χ1n) is 6.54. The van der Waals surface area contributed by atoms with Gasteiger partial charge in [0.25, 0.3) is 5.91 Å². The molecule has 3 rings (SSSR count). The number of halogens is 1. The number of benzene rings is 2. The molecule has 7 heteroatoms. The summed E-state index contributed by atoms with van der Waals surface area (Å²) in [5.74, 6) is -0.228. The molecule has 0 atom stereocenters. The molecule has 2 aromatic carbocycles. The molecular formula is C15H12ClN5O. The molecule has 22 heavy (non-hydrogen) atoms. The number of aryl methyl sites for hydroxylation is 1. The van der Waals surface area contributed by atoms with Crippen LogP contribution >= 0.6 is 11.6 Å². The molecule has 1 aromatic heterocycles. The Kier molecular flexibility index (Phi) is 3.84. The predicted molar refractivity (Wildman–Crippen MR) is 83.3 cm³/mol. The van der Waals surface area contributed by atoms with E-state index in [9.17, 15) is 4.79 Å². The van der Waals surface area contributed by atoms with Crippen molar-refractivity contribution in [3.05, 3.63) is 64.9 Å². The van der Waals surface area contributed by atoms with Crippen molar-refractivity contribution in [2.45, 2.75) is 6.92 Å². The van der Waals surface area contributed by atoms with Crippen LogP contribution in [0.15, 0.2) is 48.8 Å². The average molecular weight is 314 g/mol. The van der Waals surface area contributed by atoms with Gasteiger partial charge in [-0.2, -0.15) is 0 Å². The smallest absolute Gasteiger partial charge is 0.255 e. The molecule has 0 aliphatic heterocycles. The number of hydrogen-bond acceptors (Lipinski definition) is 4. The van der Waals surface area contributed by atoms with Crippen molar-refractivity contribution in [1.29, 1.82) is 0 Å². The van der Waals surface area contributed by atoms with Crippen LogP contribution in [0.2, 0.25) is 5.02 Å². The number of nitrogens with one attached hydrogen (secondary N) is 1. The van der Waals surface area contributed by atoms with Crippen molar-refractivity contribution >= 4 is 23.2 Å². The second-order valence-electron chi connectivity index (χ2n) is 4.72. The van der Waals surface area contributed by atoms with E-state index >= 15 is 0 Å². The average Bonchev–Trinajstić information content (AvgIpc) is 3.03. The number of anilines is 1. The number of carbonyl (C=O) groups excluding carboxylic acids is 1. The molecule has 110 valence electrons. The van der Waals surface area contributed by atoms with E-state index < -0.39 is 0 Å². The van der Waals surface area contributed by atoms with Gasteiger partial charge in [-0.15, -0.1) is 5.10 Å². The summed E-state index contributed by atoms with van der Waals surface area (Å²) in [7, 11) is 0. The molecular weight excluding hydrogens is 302 g/mol. The zero-order valence-electron chi connectivity index (χ0n) is 11.7. The van der Waals surface area contributed by atoms with Crippen LogP contribution in [-0.4, -0.2) is 26.1 Å². The molecule has 3 aromatic rings. The van der Waals surface area contributed by atoms with Crippen molar-refractivity contribution in [2.24, 2.45) is 0 Å². The Morgan fingerprint density at radius 3 is 2.82 bits per heavy atom. The van der Waals surface area contributed by atoms with Crippen LogP contribution in [0.5, 0.6) is 0 Å². The van der Waals surface area contributed by atoms with E-state index in [2.05, 4.69) is 20.8 Å². The lowest BCUT2D eigenvalue weighted by Crippen LogP contribution is -2.12. The molecule has 0 aliphatic carbocycles. The highest BCUT2D eigenvalue weighted by molar-refractivity contribution is 6.31. The summed E-state index contributed by atoms with van der Waals surface area (Å²) in [4.78, 5) is 12.2. The van der Waals surface area contributed by atoms with Gasteiger partial charge in [0.05, 0.1) is 5.69 Å². The lowest BCUT2D eigenvalue weighted by atomic mass is 10.1. The molecule has 0 aliphatic rings. The van der Waals surface area contributed by atoms with E-state index in [1.165, 1.54) is 6.33 Å². The maximum atomic E-state index is 12.2.